The molecule has 0 aliphatic carbocycles. The van der Waals surface area contributed by atoms with Crippen molar-refractivity contribution in [1.82, 2.24) is 10.1 Å². The van der Waals surface area contributed by atoms with E-state index in [1.165, 1.54) is 0 Å². The van der Waals surface area contributed by atoms with Gasteiger partial charge in [-0.15, -0.1) is 0 Å². The zero-order valence-electron chi connectivity index (χ0n) is 7.49. The molecule has 72 valence electrons. The summed E-state index contributed by atoms with van der Waals surface area (Å²) >= 11 is 5.94. The van der Waals surface area contributed by atoms with Gasteiger partial charge in [0.25, 0.3) is 0 Å². The van der Waals surface area contributed by atoms with Crippen molar-refractivity contribution < 1.29 is 4.52 Å². The highest BCUT2D eigenvalue weighted by atomic mass is 35.5. The first-order valence-electron chi connectivity index (χ1n) is 4.02. The van der Waals surface area contributed by atoms with Crippen molar-refractivity contribution in [3.8, 4) is 11.3 Å². The monoisotopic (exact) mass is 209 g/mol. The van der Waals surface area contributed by atoms with Crippen LogP contribution in [0.5, 0.6) is 0 Å². The Bertz CT molecular complexity index is 467. The molecule has 2 N–H and O–H groups in total. The van der Waals surface area contributed by atoms with Crippen LogP contribution in [0.25, 0.3) is 11.3 Å². The zero-order chi connectivity index (χ0) is 10.1. The van der Waals surface area contributed by atoms with E-state index < -0.39 is 0 Å². The van der Waals surface area contributed by atoms with Gasteiger partial charge in [-0.2, -0.15) is 0 Å². The minimum absolute atomic E-state index is 0.261. The lowest BCUT2D eigenvalue weighted by molar-refractivity contribution is 0.439. The summed E-state index contributed by atoms with van der Waals surface area (Å²) in [6.07, 6.45) is 0. The third kappa shape index (κ3) is 1.56. The Morgan fingerprint density at radius 3 is 2.79 bits per heavy atom. The van der Waals surface area contributed by atoms with E-state index >= 15 is 0 Å². The SMILES string of the molecule is Cc1ccc(-c2cc(N)on2)c(Cl)n1. The van der Waals surface area contributed by atoms with Crippen LogP contribution in [0.2, 0.25) is 5.15 Å². The average molecular weight is 210 g/mol. The number of hydrogen-bond acceptors (Lipinski definition) is 4. The molecule has 0 spiro atoms. The molecule has 0 radical (unpaired) electrons. The van der Waals surface area contributed by atoms with Crippen molar-refractivity contribution in [2.75, 3.05) is 5.73 Å². The number of hydrogen-bond donors (Lipinski definition) is 1. The third-order valence-corrected chi connectivity index (χ3v) is 2.08. The van der Waals surface area contributed by atoms with Gasteiger partial charge in [0, 0.05) is 17.3 Å². The normalized spacial score (nSPS) is 10.4. The number of nitrogens with zero attached hydrogens (tertiary/aromatic N) is 2. The summed E-state index contributed by atoms with van der Waals surface area (Å²) in [5, 5.41) is 4.15. The summed E-state index contributed by atoms with van der Waals surface area (Å²) in [5.74, 6) is 0.261. The van der Waals surface area contributed by atoms with E-state index in [0.717, 1.165) is 11.3 Å². The summed E-state index contributed by atoms with van der Waals surface area (Å²) in [7, 11) is 0. The van der Waals surface area contributed by atoms with Crippen molar-refractivity contribution in [3.05, 3.63) is 29.0 Å². The third-order valence-electron chi connectivity index (χ3n) is 1.79. The van der Waals surface area contributed by atoms with Crippen LogP contribution in [0.1, 0.15) is 5.69 Å². The van der Waals surface area contributed by atoms with Crippen LogP contribution >= 0.6 is 11.6 Å². The van der Waals surface area contributed by atoms with Crippen molar-refractivity contribution in [1.29, 1.82) is 0 Å². The predicted molar refractivity (Wildman–Crippen MR) is 53.9 cm³/mol. The molecule has 0 bridgehead atoms. The number of nitrogen functional groups attached to an aromatic ring is 1. The van der Waals surface area contributed by atoms with Crippen LogP contribution in [0.3, 0.4) is 0 Å². The van der Waals surface area contributed by atoms with Crippen LogP contribution in [0, 0.1) is 6.92 Å². The summed E-state index contributed by atoms with van der Waals surface area (Å²) in [6.45, 7) is 1.87. The molecule has 0 aliphatic heterocycles. The highest BCUT2D eigenvalue weighted by Crippen LogP contribution is 2.26. The van der Waals surface area contributed by atoms with E-state index in [4.69, 9.17) is 21.9 Å². The molecule has 0 fully saturated rings. The highest BCUT2D eigenvalue weighted by molar-refractivity contribution is 6.32. The predicted octanol–water partition coefficient (Wildman–Crippen LogP) is 2.28. The molecule has 0 saturated heterocycles. The molecular weight excluding hydrogens is 202 g/mol. The molecule has 2 heterocycles. The Hall–Kier alpha value is -1.55. The Morgan fingerprint density at radius 2 is 2.21 bits per heavy atom. The van der Waals surface area contributed by atoms with Gasteiger partial charge < -0.3 is 10.3 Å². The molecule has 2 rings (SSSR count). The second kappa shape index (κ2) is 3.31. The second-order valence-electron chi connectivity index (χ2n) is 2.91. The molecule has 0 atom stereocenters. The first-order chi connectivity index (χ1) is 6.66. The lowest BCUT2D eigenvalue weighted by atomic mass is 10.2. The maximum atomic E-state index is 5.94. The van der Waals surface area contributed by atoms with Gasteiger partial charge in [-0.25, -0.2) is 4.98 Å². The molecule has 5 heteroatoms. The van der Waals surface area contributed by atoms with E-state index in [-0.39, 0.29) is 5.88 Å². The van der Waals surface area contributed by atoms with Gasteiger partial charge in [0.1, 0.15) is 10.8 Å². The van der Waals surface area contributed by atoms with Gasteiger partial charge in [0.15, 0.2) is 0 Å². The standard InChI is InChI=1S/C9H8ClN3O/c1-5-2-3-6(9(10)12-5)7-4-8(11)14-13-7/h2-4H,11H2,1H3. The summed E-state index contributed by atoms with van der Waals surface area (Å²) in [5.41, 5.74) is 7.58. The topological polar surface area (TPSA) is 64.9 Å². The van der Waals surface area contributed by atoms with Crippen LogP contribution < -0.4 is 5.73 Å². The van der Waals surface area contributed by atoms with Crippen LogP contribution in [0.15, 0.2) is 22.7 Å². The number of aromatic nitrogens is 2. The number of halogens is 1. The summed E-state index contributed by atoms with van der Waals surface area (Å²) in [6, 6.07) is 5.30. The fraction of sp³-hybridized carbons (Fsp3) is 0.111. The molecule has 0 saturated carbocycles. The van der Waals surface area contributed by atoms with Gasteiger partial charge in [-0.3, -0.25) is 0 Å². The number of anilines is 1. The van der Waals surface area contributed by atoms with E-state index in [2.05, 4.69) is 10.1 Å². The minimum atomic E-state index is 0.261. The molecule has 4 nitrogen and oxygen atoms in total. The van der Waals surface area contributed by atoms with E-state index in [9.17, 15) is 0 Å². The molecule has 2 aromatic heterocycles. The molecule has 0 aromatic carbocycles. The first-order valence-corrected chi connectivity index (χ1v) is 4.40. The van der Waals surface area contributed by atoms with E-state index in [1.54, 1.807) is 6.07 Å². The summed E-state index contributed by atoms with van der Waals surface area (Å²) in [4.78, 5) is 4.10. The Kier molecular flexibility index (Phi) is 2.13. The van der Waals surface area contributed by atoms with Crippen molar-refractivity contribution in [3.63, 3.8) is 0 Å². The second-order valence-corrected chi connectivity index (χ2v) is 3.26. The van der Waals surface area contributed by atoms with E-state index in [0.29, 0.717) is 10.8 Å². The maximum absolute atomic E-state index is 5.94. The minimum Gasteiger partial charge on any atom is -0.368 e. The number of pyridine rings is 1. The Labute approximate surface area is 85.7 Å². The van der Waals surface area contributed by atoms with Gasteiger partial charge >= 0.3 is 0 Å². The molecule has 0 aliphatic rings. The molecule has 2 aromatic rings. The molecular formula is C9H8ClN3O. The quantitative estimate of drug-likeness (QED) is 0.732. The van der Waals surface area contributed by atoms with Crippen LogP contribution in [-0.4, -0.2) is 10.1 Å². The highest BCUT2D eigenvalue weighted by Gasteiger charge is 2.09. The Morgan fingerprint density at radius 1 is 1.43 bits per heavy atom. The van der Waals surface area contributed by atoms with Crippen LogP contribution in [-0.2, 0) is 0 Å². The van der Waals surface area contributed by atoms with Crippen molar-refractivity contribution in [2.45, 2.75) is 6.92 Å². The average Bonchev–Trinajstić information content (AvgIpc) is 2.51. The lowest BCUT2D eigenvalue weighted by Crippen LogP contribution is -1.86. The first kappa shape index (κ1) is 9.02. The van der Waals surface area contributed by atoms with Gasteiger partial charge in [0.2, 0.25) is 5.88 Å². The number of rotatable bonds is 1. The number of nitrogens with two attached hydrogens (primary N) is 1. The van der Waals surface area contributed by atoms with E-state index in [1.807, 2.05) is 19.1 Å². The fourth-order valence-corrected chi connectivity index (χ4v) is 1.43. The fourth-order valence-electron chi connectivity index (χ4n) is 1.13. The largest absolute Gasteiger partial charge is 0.368 e. The van der Waals surface area contributed by atoms with Crippen molar-refractivity contribution in [2.24, 2.45) is 0 Å². The van der Waals surface area contributed by atoms with Gasteiger partial charge in [0.05, 0.1) is 0 Å². The number of aryl methyl sites for hydroxylation is 1. The smallest absolute Gasteiger partial charge is 0.222 e. The zero-order valence-corrected chi connectivity index (χ0v) is 8.25. The van der Waals surface area contributed by atoms with Gasteiger partial charge in [-0.1, -0.05) is 16.8 Å². The van der Waals surface area contributed by atoms with Gasteiger partial charge in [-0.05, 0) is 19.1 Å². The molecule has 0 amide bonds. The lowest BCUT2D eigenvalue weighted by Gasteiger charge is -1.99. The molecule has 0 unspecified atom stereocenters. The maximum Gasteiger partial charge on any atom is 0.222 e. The van der Waals surface area contributed by atoms with Crippen molar-refractivity contribution >= 4 is 17.5 Å². The van der Waals surface area contributed by atoms with Crippen LogP contribution in [0.4, 0.5) is 5.88 Å². The Balaban J connectivity index is 2.52. The summed E-state index contributed by atoms with van der Waals surface area (Å²) < 4.78 is 4.75. The molecule has 14 heavy (non-hydrogen) atoms.